The number of fused-ring (bicyclic) bond motifs is 2. The number of benzene rings is 1. The zero-order chi connectivity index (χ0) is 14.9. The highest BCUT2D eigenvalue weighted by Crippen LogP contribution is 2.37. The number of nitrogens with zero attached hydrogens (tertiary/aromatic N) is 3. The fourth-order valence-electron chi connectivity index (χ4n) is 2.70. The highest BCUT2D eigenvalue weighted by molar-refractivity contribution is 5.86. The van der Waals surface area contributed by atoms with Gasteiger partial charge in [0.05, 0.1) is 17.8 Å². The Balaban J connectivity index is 1.83. The summed E-state index contributed by atoms with van der Waals surface area (Å²) in [6, 6.07) is 7.82. The van der Waals surface area contributed by atoms with Gasteiger partial charge in [0.1, 0.15) is 0 Å². The second kappa shape index (κ2) is 5.31. The first kappa shape index (κ1) is 13.1. The molecule has 0 aliphatic carbocycles. The van der Waals surface area contributed by atoms with E-state index in [2.05, 4.69) is 10.1 Å². The van der Waals surface area contributed by atoms with E-state index in [-0.39, 0.29) is 13.4 Å². The van der Waals surface area contributed by atoms with Crippen LogP contribution < -0.4 is 9.47 Å². The van der Waals surface area contributed by atoms with Crippen LogP contribution in [0.5, 0.6) is 11.5 Å². The minimum absolute atomic E-state index is 0.0653. The smallest absolute Gasteiger partial charge is 0.231 e. The van der Waals surface area contributed by atoms with Gasteiger partial charge < -0.3 is 14.6 Å². The highest BCUT2D eigenvalue weighted by atomic mass is 16.7. The van der Waals surface area contributed by atoms with Crippen LogP contribution >= 0.6 is 0 Å². The van der Waals surface area contributed by atoms with Crippen LogP contribution in [0.3, 0.4) is 0 Å². The fourth-order valence-corrected chi connectivity index (χ4v) is 2.70. The molecule has 0 radical (unpaired) electrons. The maximum absolute atomic E-state index is 9.26. The maximum Gasteiger partial charge on any atom is 0.231 e. The Morgan fingerprint density at radius 3 is 2.68 bits per heavy atom. The molecular formula is C16H15N3O3. The van der Waals surface area contributed by atoms with E-state index in [0.717, 1.165) is 33.7 Å². The molecule has 0 amide bonds. The maximum atomic E-state index is 9.26. The quantitative estimate of drug-likeness (QED) is 0.794. The summed E-state index contributed by atoms with van der Waals surface area (Å²) in [6.07, 6.45) is 4.05. The molecular weight excluding hydrogens is 282 g/mol. The predicted octanol–water partition coefficient (Wildman–Crippen LogP) is 1.74. The van der Waals surface area contributed by atoms with Crippen molar-refractivity contribution in [3.8, 4) is 11.5 Å². The molecule has 0 saturated carbocycles. The Morgan fingerprint density at radius 2 is 1.91 bits per heavy atom. The molecule has 0 unspecified atom stereocenters. The van der Waals surface area contributed by atoms with E-state index in [1.54, 1.807) is 12.4 Å². The van der Waals surface area contributed by atoms with Gasteiger partial charge in [-0.2, -0.15) is 5.10 Å². The van der Waals surface area contributed by atoms with Crippen molar-refractivity contribution in [2.24, 2.45) is 0 Å². The van der Waals surface area contributed by atoms with E-state index < -0.39 is 0 Å². The summed E-state index contributed by atoms with van der Waals surface area (Å²) in [5.74, 6) is 1.47. The molecule has 3 aromatic rings. The van der Waals surface area contributed by atoms with Gasteiger partial charge in [0.25, 0.3) is 0 Å². The summed E-state index contributed by atoms with van der Waals surface area (Å²) in [5.41, 5.74) is 2.96. The van der Waals surface area contributed by atoms with Crippen molar-refractivity contribution in [3.63, 3.8) is 0 Å². The monoisotopic (exact) mass is 297 g/mol. The van der Waals surface area contributed by atoms with Crippen molar-refractivity contribution in [1.29, 1.82) is 0 Å². The average molecular weight is 297 g/mol. The molecule has 6 heteroatoms. The van der Waals surface area contributed by atoms with E-state index in [1.165, 1.54) is 0 Å². The molecule has 1 aromatic carbocycles. The van der Waals surface area contributed by atoms with Gasteiger partial charge in [0, 0.05) is 36.9 Å². The van der Waals surface area contributed by atoms with Crippen LogP contribution in [0.2, 0.25) is 0 Å². The summed E-state index contributed by atoms with van der Waals surface area (Å²) in [4.78, 5) is 4.03. The Kier molecular flexibility index (Phi) is 3.16. The van der Waals surface area contributed by atoms with Gasteiger partial charge in [-0.05, 0) is 23.8 Å². The molecule has 0 atom stereocenters. The second-order valence-corrected chi connectivity index (χ2v) is 5.16. The van der Waals surface area contributed by atoms with E-state index in [1.807, 2.05) is 28.9 Å². The molecule has 1 aliphatic rings. The van der Waals surface area contributed by atoms with Crippen LogP contribution in [0.1, 0.15) is 11.3 Å². The van der Waals surface area contributed by atoms with E-state index in [9.17, 15) is 5.11 Å². The Hall–Kier alpha value is -2.60. The van der Waals surface area contributed by atoms with Crippen molar-refractivity contribution >= 4 is 10.9 Å². The summed E-state index contributed by atoms with van der Waals surface area (Å²) in [6.45, 7) is 0.953. The number of aliphatic hydroxyl groups excluding tert-OH is 1. The van der Waals surface area contributed by atoms with Crippen molar-refractivity contribution in [3.05, 3.63) is 47.9 Å². The predicted molar refractivity (Wildman–Crippen MR) is 80.0 cm³/mol. The Labute approximate surface area is 126 Å². The second-order valence-electron chi connectivity index (χ2n) is 5.16. The molecule has 1 aliphatic heterocycles. The third-order valence-electron chi connectivity index (χ3n) is 3.75. The standard InChI is InChI=1S/C16H15N3O3/c20-6-3-13-12-7-15-16(22-10-21-15)8-14(12)19(18-13)9-11-1-4-17-5-2-11/h1-2,4-5,7-8,20H,3,6,9-10H2. The van der Waals surface area contributed by atoms with Crippen LogP contribution in [0.25, 0.3) is 10.9 Å². The van der Waals surface area contributed by atoms with Crippen LogP contribution in [0.15, 0.2) is 36.7 Å². The zero-order valence-electron chi connectivity index (χ0n) is 11.9. The number of aliphatic hydroxyl groups is 1. The first-order chi connectivity index (χ1) is 10.8. The SMILES string of the molecule is OCCc1nn(Cc2ccncc2)c2cc3c(cc12)OCO3. The average Bonchev–Trinajstić information content (AvgIpc) is 3.12. The number of aromatic nitrogens is 3. The molecule has 22 heavy (non-hydrogen) atoms. The van der Waals surface area contributed by atoms with Crippen LogP contribution in [0, 0.1) is 0 Å². The lowest BCUT2D eigenvalue weighted by Gasteiger charge is -2.04. The molecule has 4 rings (SSSR count). The molecule has 1 N–H and O–H groups in total. The van der Waals surface area contributed by atoms with Crippen molar-refractivity contribution < 1.29 is 14.6 Å². The minimum Gasteiger partial charge on any atom is -0.454 e. The molecule has 0 bridgehead atoms. The zero-order valence-corrected chi connectivity index (χ0v) is 11.9. The number of hydrogen-bond donors (Lipinski definition) is 1. The number of hydrogen-bond acceptors (Lipinski definition) is 5. The number of pyridine rings is 1. The summed E-state index contributed by atoms with van der Waals surface area (Å²) < 4.78 is 12.8. The van der Waals surface area contributed by atoms with Gasteiger partial charge in [-0.25, -0.2) is 0 Å². The highest BCUT2D eigenvalue weighted by Gasteiger charge is 2.19. The normalized spacial score (nSPS) is 13.0. The summed E-state index contributed by atoms with van der Waals surface area (Å²) in [7, 11) is 0. The van der Waals surface area contributed by atoms with E-state index in [4.69, 9.17) is 9.47 Å². The topological polar surface area (TPSA) is 69.4 Å². The Morgan fingerprint density at radius 1 is 1.14 bits per heavy atom. The molecule has 0 saturated heterocycles. The third kappa shape index (κ3) is 2.17. The Bertz CT molecular complexity index is 814. The van der Waals surface area contributed by atoms with Crippen molar-refractivity contribution in [2.45, 2.75) is 13.0 Å². The van der Waals surface area contributed by atoms with Gasteiger partial charge in [-0.15, -0.1) is 0 Å². The largest absolute Gasteiger partial charge is 0.454 e. The first-order valence-electron chi connectivity index (χ1n) is 7.14. The van der Waals surface area contributed by atoms with Crippen LogP contribution in [0.4, 0.5) is 0 Å². The summed E-state index contributed by atoms with van der Waals surface area (Å²) in [5, 5.41) is 14.9. The molecule has 112 valence electrons. The van der Waals surface area contributed by atoms with Gasteiger partial charge in [-0.3, -0.25) is 9.67 Å². The minimum atomic E-state index is 0.0653. The number of rotatable bonds is 4. The first-order valence-corrected chi connectivity index (χ1v) is 7.14. The lowest BCUT2D eigenvalue weighted by molar-refractivity contribution is 0.174. The molecule has 6 nitrogen and oxygen atoms in total. The lowest BCUT2D eigenvalue weighted by Crippen LogP contribution is -2.03. The summed E-state index contributed by atoms with van der Waals surface area (Å²) >= 11 is 0. The molecule has 0 spiro atoms. The number of ether oxygens (including phenoxy) is 2. The van der Waals surface area contributed by atoms with E-state index in [0.29, 0.717) is 13.0 Å². The van der Waals surface area contributed by atoms with Crippen molar-refractivity contribution in [2.75, 3.05) is 13.4 Å². The van der Waals surface area contributed by atoms with Crippen LogP contribution in [-0.4, -0.2) is 33.3 Å². The molecule has 0 fully saturated rings. The van der Waals surface area contributed by atoms with Gasteiger partial charge >= 0.3 is 0 Å². The van der Waals surface area contributed by atoms with Gasteiger partial charge in [0.2, 0.25) is 6.79 Å². The van der Waals surface area contributed by atoms with E-state index >= 15 is 0 Å². The third-order valence-corrected chi connectivity index (χ3v) is 3.75. The molecule has 3 heterocycles. The fraction of sp³-hybridized carbons (Fsp3) is 0.250. The lowest BCUT2D eigenvalue weighted by atomic mass is 10.1. The molecule has 2 aromatic heterocycles. The van der Waals surface area contributed by atoms with Gasteiger partial charge in [-0.1, -0.05) is 0 Å². The van der Waals surface area contributed by atoms with Crippen LogP contribution in [-0.2, 0) is 13.0 Å². The van der Waals surface area contributed by atoms with Crippen molar-refractivity contribution in [1.82, 2.24) is 14.8 Å². The van der Waals surface area contributed by atoms with Gasteiger partial charge in [0.15, 0.2) is 11.5 Å².